The standard InChI is InChI=1S/C23H31N3O3S/c1-16(2)26-12-11-19(15-26)14-24-23(27)21-13-20(10-9-17(21)3)30(28,29)25-22-8-6-5-7-18(22)4/h5-10,13,16,19,25H,11-12,14-15H2,1-4H3,(H,24,27). The van der Waals surface area contributed by atoms with E-state index in [9.17, 15) is 13.2 Å². The number of sulfonamides is 1. The highest BCUT2D eigenvalue weighted by Gasteiger charge is 2.25. The van der Waals surface area contributed by atoms with Gasteiger partial charge in [-0.3, -0.25) is 9.52 Å². The Hall–Kier alpha value is -2.38. The van der Waals surface area contributed by atoms with Crippen molar-refractivity contribution in [3.63, 3.8) is 0 Å². The number of nitrogens with one attached hydrogen (secondary N) is 2. The number of aryl methyl sites for hydroxylation is 2. The number of hydrogen-bond acceptors (Lipinski definition) is 4. The third-order valence-electron chi connectivity index (χ3n) is 5.75. The predicted molar refractivity (Wildman–Crippen MR) is 120 cm³/mol. The van der Waals surface area contributed by atoms with Crippen LogP contribution >= 0.6 is 0 Å². The summed E-state index contributed by atoms with van der Waals surface area (Å²) in [5.74, 6) is 0.190. The number of para-hydroxylation sites is 1. The fourth-order valence-electron chi connectivity index (χ4n) is 3.73. The van der Waals surface area contributed by atoms with Crippen LogP contribution in [0.2, 0.25) is 0 Å². The van der Waals surface area contributed by atoms with Crippen molar-refractivity contribution in [2.75, 3.05) is 24.4 Å². The Balaban J connectivity index is 1.71. The van der Waals surface area contributed by atoms with E-state index in [-0.39, 0.29) is 10.8 Å². The maximum absolute atomic E-state index is 12.9. The molecule has 3 rings (SSSR count). The SMILES string of the molecule is Cc1ccccc1NS(=O)(=O)c1ccc(C)c(C(=O)NCC2CCN(C(C)C)C2)c1. The van der Waals surface area contributed by atoms with E-state index >= 15 is 0 Å². The average molecular weight is 430 g/mol. The second-order valence-electron chi connectivity index (χ2n) is 8.35. The summed E-state index contributed by atoms with van der Waals surface area (Å²) in [4.78, 5) is 15.3. The lowest BCUT2D eigenvalue weighted by Crippen LogP contribution is -2.33. The quantitative estimate of drug-likeness (QED) is 0.705. The van der Waals surface area contributed by atoms with Gasteiger partial charge in [0.05, 0.1) is 10.6 Å². The molecule has 0 bridgehead atoms. The Morgan fingerprint density at radius 1 is 1.13 bits per heavy atom. The van der Waals surface area contributed by atoms with Gasteiger partial charge in [0.25, 0.3) is 15.9 Å². The molecule has 0 saturated carbocycles. The molecule has 0 aliphatic carbocycles. The molecular weight excluding hydrogens is 398 g/mol. The summed E-state index contributed by atoms with van der Waals surface area (Å²) in [6, 6.07) is 12.4. The Morgan fingerprint density at radius 3 is 2.53 bits per heavy atom. The van der Waals surface area contributed by atoms with Gasteiger partial charge in [0.2, 0.25) is 0 Å². The maximum Gasteiger partial charge on any atom is 0.261 e. The van der Waals surface area contributed by atoms with Crippen molar-refractivity contribution in [1.82, 2.24) is 10.2 Å². The molecule has 1 atom stereocenters. The second kappa shape index (κ2) is 9.18. The van der Waals surface area contributed by atoms with Crippen molar-refractivity contribution < 1.29 is 13.2 Å². The Bertz CT molecular complexity index is 1020. The van der Waals surface area contributed by atoms with E-state index in [0.717, 1.165) is 30.6 Å². The van der Waals surface area contributed by atoms with Crippen molar-refractivity contribution in [2.24, 2.45) is 5.92 Å². The third kappa shape index (κ3) is 5.21. The van der Waals surface area contributed by atoms with Crippen LogP contribution in [0.3, 0.4) is 0 Å². The fraction of sp³-hybridized carbons (Fsp3) is 0.435. The Kier molecular flexibility index (Phi) is 6.83. The van der Waals surface area contributed by atoms with Crippen molar-refractivity contribution >= 4 is 21.6 Å². The molecule has 2 N–H and O–H groups in total. The van der Waals surface area contributed by atoms with Crippen LogP contribution in [-0.2, 0) is 10.0 Å². The van der Waals surface area contributed by atoms with Gasteiger partial charge in [0.1, 0.15) is 0 Å². The molecule has 1 amide bonds. The van der Waals surface area contributed by atoms with Crippen molar-refractivity contribution in [1.29, 1.82) is 0 Å². The van der Waals surface area contributed by atoms with Crippen LogP contribution in [0.15, 0.2) is 47.4 Å². The Labute approximate surface area is 179 Å². The zero-order valence-corrected chi connectivity index (χ0v) is 18.9. The summed E-state index contributed by atoms with van der Waals surface area (Å²) in [6.07, 6.45) is 1.06. The van der Waals surface area contributed by atoms with Crippen LogP contribution in [0.5, 0.6) is 0 Å². The first kappa shape index (κ1) is 22.3. The molecule has 1 saturated heterocycles. The molecule has 30 heavy (non-hydrogen) atoms. The maximum atomic E-state index is 12.9. The fourth-order valence-corrected chi connectivity index (χ4v) is 4.89. The summed E-state index contributed by atoms with van der Waals surface area (Å²) in [7, 11) is -3.79. The molecule has 0 aromatic heterocycles. The molecule has 7 heteroatoms. The Morgan fingerprint density at radius 2 is 1.87 bits per heavy atom. The third-order valence-corrected chi connectivity index (χ3v) is 7.12. The number of carbonyl (C=O) groups excluding carboxylic acids is 1. The van der Waals surface area contributed by atoms with Crippen LogP contribution < -0.4 is 10.0 Å². The van der Waals surface area contributed by atoms with Gasteiger partial charge in [-0.2, -0.15) is 0 Å². The van der Waals surface area contributed by atoms with Crippen LogP contribution in [0, 0.1) is 19.8 Å². The highest BCUT2D eigenvalue weighted by molar-refractivity contribution is 7.92. The van der Waals surface area contributed by atoms with Gasteiger partial charge >= 0.3 is 0 Å². The van der Waals surface area contributed by atoms with Crippen LogP contribution in [0.1, 0.15) is 41.8 Å². The first-order chi connectivity index (χ1) is 14.2. The van der Waals surface area contributed by atoms with Crippen LogP contribution in [-0.4, -0.2) is 44.9 Å². The van der Waals surface area contributed by atoms with Gasteiger partial charge < -0.3 is 10.2 Å². The molecule has 162 valence electrons. The number of benzene rings is 2. The summed E-state index contributed by atoms with van der Waals surface area (Å²) >= 11 is 0. The molecule has 0 spiro atoms. The summed E-state index contributed by atoms with van der Waals surface area (Å²) in [6.45, 7) is 10.6. The first-order valence-electron chi connectivity index (χ1n) is 10.4. The van der Waals surface area contributed by atoms with Gasteiger partial charge in [-0.05, 0) is 75.9 Å². The molecule has 1 heterocycles. The first-order valence-corrected chi connectivity index (χ1v) is 11.9. The lowest BCUT2D eigenvalue weighted by atomic mass is 10.1. The van der Waals surface area contributed by atoms with E-state index < -0.39 is 10.0 Å². The van der Waals surface area contributed by atoms with E-state index in [1.807, 2.05) is 26.0 Å². The van der Waals surface area contributed by atoms with Crippen LogP contribution in [0.25, 0.3) is 0 Å². The summed E-state index contributed by atoms with van der Waals surface area (Å²) in [5.41, 5.74) is 2.50. The van der Waals surface area contributed by atoms with Crippen LogP contribution in [0.4, 0.5) is 5.69 Å². The van der Waals surface area contributed by atoms with E-state index in [2.05, 4.69) is 28.8 Å². The number of hydrogen-bond donors (Lipinski definition) is 2. The molecule has 1 unspecified atom stereocenters. The number of nitrogens with zero attached hydrogens (tertiary/aromatic N) is 1. The number of anilines is 1. The minimum atomic E-state index is -3.79. The number of amides is 1. The minimum Gasteiger partial charge on any atom is -0.352 e. The molecule has 0 radical (unpaired) electrons. The molecule has 6 nitrogen and oxygen atoms in total. The topological polar surface area (TPSA) is 78.5 Å². The normalized spacial score (nSPS) is 17.3. The number of likely N-dealkylation sites (tertiary alicyclic amines) is 1. The molecule has 1 aliphatic heterocycles. The molecular formula is C23H31N3O3S. The molecule has 2 aromatic rings. The van der Waals surface area contributed by atoms with Gasteiger partial charge in [0.15, 0.2) is 0 Å². The number of carbonyl (C=O) groups is 1. The molecule has 1 fully saturated rings. The zero-order chi connectivity index (χ0) is 21.9. The number of rotatable bonds is 7. The van der Waals surface area contributed by atoms with E-state index in [0.29, 0.717) is 29.8 Å². The minimum absolute atomic E-state index is 0.0772. The highest BCUT2D eigenvalue weighted by Crippen LogP contribution is 2.22. The second-order valence-corrected chi connectivity index (χ2v) is 10.0. The van der Waals surface area contributed by atoms with Crippen molar-refractivity contribution in [3.05, 3.63) is 59.2 Å². The van der Waals surface area contributed by atoms with Gasteiger partial charge in [-0.1, -0.05) is 24.3 Å². The van der Waals surface area contributed by atoms with Crippen molar-refractivity contribution in [3.8, 4) is 0 Å². The average Bonchev–Trinajstić information content (AvgIpc) is 3.17. The predicted octanol–water partition coefficient (Wildman–Crippen LogP) is 3.56. The van der Waals surface area contributed by atoms with Crippen molar-refractivity contribution in [2.45, 2.75) is 45.1 Å². The molecule has 1 aliphatic rings. The molecule has 2 aromatic carbocycles. The van der Waals surface area contributed by atoms with Gasteiger partial charge in [-0.25, -0.2) is 8.42 Å². The van der Waals surface area contributed by atoms with E-state index in [1.54, 1.807) is 18.2 Å². The van der Waals surface area contributed by atoms with Gasteiger partial charge in [0, 0.05) is 24.7 Å². The van der Waals surface area contributed by atoms with E-state index in [4.69, 9.17) is 0 Å². The smallest absolute Gasteiger partial charge is 0.261 e. The monoisotopic (exact) mass is 429 g/mol. The lowest BCUT2D eigenvalue weighted by molar-refractivity contribution is 0.0946. The highest BCUT2D eigenvalue weighted by atomic mass is 32.2. The largest absolute Gasteiger partial charge is 0.352 e. The summed E-state index contributed by atoms with van der Waals surface area (Å²) in [5, 5.41) is 3.00. The zero-order valence-electron chi connectivity index (χ0n) is 18.1. The van der Waals surface area contributed by atoms with Gasteiger partial charge in [-0.15, -0.1) is 0 Å². The lowest BCUT2D eigenvalue weighted by Gasteiger charge is -2.20. The van der Waals surface area contributed by atoms with E-state index in [1.165, 1.54) is 12.1 Å². The summed E-state index contributed by atoms with van der Waals surface area (Å²) < 4.78 is 28.3.